The number of Topliss-reactive ketones (excluding diaryl/α,β-unsaturated/α-hetero) is 1. The SMILES string of the molecule is COc1ccc(-c2sc(-c3ccncc3)c(C)c2C(C)=O)cc1.Cl. The molecule has 2 heterocycles. The fraction of sp³-hybridized carbons (Fsp3) is 0.158. The van der Waals surface area contributed by atoms with Crippen LogP contribution < -0.4 is 4.74 Å². The maximum absolute atomic E-state index is 12.2. The summed E-state index contributed by atoms with van der Waals surface area (Å²) in [5.41, 5.74) is 3.95. The van der Waals surface area contributed by atoms with Crippen molar-refractivity contribution in [3.8, 4) is 26.6 Å². The lowest BCUT2D eigenvalue weighted by Gasteiger charge is -2.04. The van der Waals surface area contributed by atoms with Crippen LogP contribution in [0.15, 0.2) is 48.8 Å². The third-order valence-corrected chi connectivity index (χ3v) is 5.18. The van der Waals surface area contributed by atoms with E-state index in [0.717, 1.165) is 37.8 Å². The lowest BCUT2D eigenvalue weighted by atomic mass is 10.0. The van der Waals surface area contributed by atoms with E-state index in [-0.39, 0.29) is 18.2 Å². The number of hydrogen-bond acceptors (Lipinski definition) is 4. The monoisotopic (exact) mass is 359 g/mol. The highest BCUT2D eigenvalue weighted by Gasteiger charge is 2.20. The second-order valence-corrected chi connectivity index (χ2v) is 6.30. The first kappa shape index (κ1) is 18.2. The van der Waals surface area contributed by atoms with Gasteiger partial charge in [0.05, 0.1) is 7.11 Å². The second-order valence-electron chi connectivity index (χ2n) is 5.28. The minimum atomic E-state index is 0. The molecule has 1 aromatic carbocycles. The van der Waals surface area contributed by atoms with Gasteiger partial charge in [0.2, 0.25) is 0 Å². The Balaban J connectivity index is 0.00000208. The van der Waals surface area contributed by atoms with Crippen molar-refractivity contribution in [1.82, 2.24) is 4.98 Å². The van der Waals surface area contributed by atoms with Gasteiger partial charge < -0.3 is 4.74 Å². The van der Waals surface area contributed by atoms with Crippen molar-refractivity contribution in [3.05, 3.63) is 59.9 Å². The Labute approximate surface area is 151 Å². The number of benzene rings is 1. The lowest BCUT2D eigenvalue weighted by molar-refractivity contribution is 0.101. The summed E-state index contributed by atoms with van der Waals surface area (Å²) in [5, 5.41) is 0. The summed E-state index contributed by atoms with van der Waals surface area (Å²) < 4.78 is 5.21. The Kier molecular flexibility index (Phi) is 5.75. The van der Waals surface area contributed by atoms with Crippen LogP contribution in [0.25, 0.3) is 20.9 Å². The minimum absolute atomic E-state index is 0. The molecule has 0 atom stereocenters. The normalized spacial score (nSPS) is 10.1. The molecule has 0 aliphatic carbocycles. The average Bonchev–Trinajstić information content (AvgIpc) is 2.93. The van der Waals surface area contributed by atoms with Crippen LogP contribution in [0.4, 0.5) is 0 Å². The van der Waals surface area contributed by atoms with Gasteiger partial charge in [0, 0.05) is 27.7 Å². The molecule has 3 nitrogen and oxygen atoms in total. The van der Waals surface area contributed by atoms with Crippen molar-refractivity contribution < 1.29 is 9.53 Å². The molecule has 0 radical (unpaired) electrons. The number of methoxy groups -OCH3 is 1. The van der Waals surface area contributed by atoms with Gasteiger partial charge in [0.25, 0.3) is 0 Å². The van der Waals surface area contributed by atoms with Crippen molar-refractivity contribution in [3.63, 3.8) is 0 Å². The molecule has 24 heavy (non-hydrogen) atoms. The van der Waals surface area contributed by atoms with E-state index in [4.69, 9.17) is 4.74 Å². The molecule has 0 unspecified atom stereocenters. The highest BCUT2D eigenvalue weighted by Crippen LogP contribution is 2.42. The molecular weight excluding hydrogens is 342 g/mol. The fourth-order valence-electron chi connectivity index (χ4n) is 2.66. The maximum Gasteiger partial charge on any atom is 0.161 e. The highest BCUT2D eigenvalue weighted by molar-refractivity contribution is 7.19. The molecule has 2 aromatic heterocycles. The molecular formula is C19H18ClNO2S. The van der Waals surface area contributed by atoms with Gasteiger partial charge >= 0.3 is 0 Å². The molecule has 0 aliphatic heterocycles. The second kappa shape index (κ2) is 7.60. The van der Waals surface area contributed by atoms with Crippen LogP contribution in [0, 0.1) is 6.92 Å². The van der Waals surface area contributed by atoms with E-state index >= 15 is 0 Å². The molecule has 3 rings (SSSR count). The number of pyridine rings is 1. The zero-order valence-electron chi connectivity index (χ0n) is 13.7. The van der Waals surface area contributed by atoms with E-state index in [9.17, 15) is 4.79 Å². The Morgan fingerprint density at radius 3 is 2.12 bits per heavy atom. The molecule has 0 N–H and O–H groups in total. The molecule has 0 spiro atoms. The van der Waals surface area contributed by atoms with E-state index in [2.05, 4.69) is 4.98 Å². The van der Waals surface area contributed by atoms with Crippen molar-refractivity contribution in [1.29, 1.82) is 0 Å². The highest BCUT2D eigenvalue weighted by atomic mass is 35.5. The van der Waals surface area contributed by atoms with Crippen molar-refractivity contribution in [2.45, 2.75) is 13.8 Å². The topological polar surface area (TPSA) is 39.2 Å². The molecule has 0 saturated carbocycles. The van der Waals surface area contributed by atoms with Gasteiger partial charge in [0.1, 0.15) is 5.75 Å². The average molecular weight is 360 g/mol. The summed E-state index contributed by atoms with van der Waals surface area (Å²) in [4.78, 5) is 18.4. The zero-order chi connectivity index (χ0) is 16.4. The van der Waals surface area contributed by atoms with Crippen LogP contribution in [0.2, 0.25) is 0 Å². The summed E-state index contributed by atoms with van der Waals surface area (Å²) in [7, 11) is 1.65. The van der Waals surface area contributed by atoms with Gasteiger partial charge in [-0.15, -0.1) is 23.7 Å². The standard InChI is InChI=1S/C19H17NO2S.ClH/c1-12-17(13(2)21)19(14-4-6-16(22-3)7-5-14)23-18(12)15-8-10-20-11-9-15;/h4-11H,1-3H3;1H. The van der Waals surface area contributed by atoms with Gasteiger partial charge in [-0.1, -0.05) is 0 Å². The maximum atomic E-state index is 12.2. The lowest BCUT2D eigenvalue weighted by Crippen LogP contribution is -1.95. The van der Waals surface area contributed by atoms with E-state index in [1.54, 1.807) is 37.8 Å². The molecule has 124 valence electrons. The van der Waals surface area contributed by atoms with Gasteiger partial charge in [-0.05, 0) is 66.9 Å². The number of ketones is 1. The molecule has 3 aromatic rings. The van der Waals surface area contributed by atoms with Crippen LogP contribution in [0.5, 0.6) is 5.75 Å². The number of hydrogen-bond donors (Lipinski definition) is 0. The Morgan fingerprint density at radius 2 is 1.58 bits per heavy atom. The van der Waals surface area contributed by atoms with Gasteiger partial charge in [0.15, 0.2) is 5.78 Å². The third-order valence-electron chi connectivity index (χ3n) is 3.79. The summed E-state index contributed by atoms with van der Waals surface area (Å²) in [6.45, 7) is 3.63. The number of halogens is 1. The third kappa shape index (κ3) is 3.35. The Hall–Kier alpha value is -2.17. The van der Waals surface area contributed by atoms with Crippen LogP contribution in [-0.4, -0.2) is 17.9 Å². The summed E-state index contributed by atoms with van der Waals surface area (Å²) in [5.74, 6) is 0.894. The van der Waals surface area contributed by atoms with E-state index in [0.29, 0.717) is 0 Å². The molecule has 0 amide bonds. The number of rotatable bonds is 4. The van der Waals surface area contributed by atoms with Crippen LogP contribution in [0.3, 0.4) is 0 Å². The number of aromatic nitrogens is 1. The molecule has 0 bridgehead atoms. The number of thiophene rings is 1. The summed E-state index contributed by atoms with van der Waals surface area (Å²) in [6, 6.07) is 11.8. The van der Waals surface area contributed by atoms with Gasteiger partial charge in [-0.25, -0.2) is 0 Å². The molecule has 0 saturated heterocycles. The quantitative estimate of drug-likeness (QED) is 0.584. The number of ether oxygens (including phenoxy) is 1. The van der Waals surface area contributed by atoms with Crippen molar-refractivity contribution in [2.75, 3.05) is 7.11 Å². The minimum Gasteiger partial charge on any atom is -0.497 e. The zero-order valence-corrected chi connectivity index (χ0v) is 15.3. The predicted molar refractivity (Wildman–Crippen MR) is 102 cm³/mol. The molecule has 5 heteroatoms. The Morgan fingerprint density at radius 1 is 1.00 bits per heavy atom. The molecule has 0 aliphatic rings. The van der Waals surface area contributed by atoms with E-state index in [1.807, 2.05) is 43.3 Å². The molecule has 0 fully saturated rings. The predicted octanol–water partition coefficient (Wildman–Crippen LogP) is 5.42. The number of carbonyl (C=O) groups excluding carboxylic acids is 1. The van der Waals surface area contributed by atoms with Crippen molar-refractivity contribution >= 4 is 29.5 Å². The van der Waals surface area contributed by atoms with Crippen molar-refractivity contribution in [2.24, 2.45) is 0 Å². The summed E-state index contributed by atoms with van der Waals surface area (Å²) in [6.07, 6.45) is 3.55. The van der Waals surface area contributed by atoms with Crippen LogP contribution in [0.1, 0.15) is 22.8 Å². The smallest absolute Gasteiger partial charge is 0.161 e. The first-order valence-corrected chi connectivity index (χ1v) is 8.12. The van der Waals surface area contributed by atoms with Gasteiger partial charge in [-0.3, -0.25) is 9.78 Å². The first-order chi connectivity index (χ1) is 11.1. The fourth-order valence-corrected chi connectivity index (χ4v) is 4.03. The largest absolute Gasteiger partial charge is 0.497 e. The van der Waals surface area contributed by atoms with Crippen LogP contribution >= 0.6 is 23.7 Å². The first-order valence-electron chi connectivity index (χ1n) is 7.31. The summed E-state index contributed by atoms with van der Waals surface area (Å²) >= 11 is 1.64. The number of nitrogens with zero attached hydrogens (tertiary/aromatic N) is 1. The van der Waals surface area contributed by atoms with E-state index in [1.165, 1.54) is 0 Å². The Bertz CT molecular complexity index is 842. The van der Waals surface area contributed by atoms with Gasteiger partial charge in [-0.2, -0.15) is 0 Å². The van der Waals surface area contributed by atoms with E-state index < -0.39 is 0 Å². The number of carbonyl (C=O) groups is 1. The van der Waals surface area contributed by atoms with Crippen LogP contribution in [-0.2, 0) is 0 Å².